The van der Waals surface area contributed by atoms with Crippen LogP contribution >= 0.6 is 0 Å². The van der Waals surface area contributed by atoms with Crippen LogP contribution in [0.1, 0.15) is 49.6 Å². The largest absolute Gasteiger partial charge is 0.350 e. The molecular formula is C22H26N4. The lowest BCUT2D eigenvalue weighted by Crippen LogP contribution is -2.05. The number of hydrogen-bond donors (Lipinski definition) is 0. The lowest BCUT2D eigenvalue weighted by molar-refractivity contribution is 0.638. The predicted octanol–water partition coefficient (Wildman–Crippen LogP) is 5.41. The highest BCUT2D eigenvalue weighted by molar-refractivity contribution is 5.96. The first-order valence-corrected chi connectivity index (χ1v) is 9.46. The van der Waals surface area contributed by atoms with Gasteiger partial charge in [0, 0.05) is 35.3 Å². The molecular weight excluding hydrogens is 320 g/mol. The molecule has 26 heavy (non-hydrogen) atoms. The Morgan fingerprint density at radius 1 is 1.08 bits per heavy atom. The van der Waals surface area contributed by atoms with Gasteiger partial charge < -0.3 is 4.57 Å². The summed E-state index contributed by atoms with van der Waals surface area (Å²) >= 11 is 0. The molecule has 0 spiro atoms. The van der Waals surface area contributed by atoms with Crippen molar-refractivity contribution in [2.45, 2.75) is 46.5 Å². The summed E-state index contributed by atoms with van der Waals surface area (Å²) < 4.78 is 4.25. The van der Waals surface area contributed by atoms with E-state index in [-0.39, 0.29) is 0 Å². The fourth-order valence-corrected chi connectivity index (χ4v) is 4.15. The molecule has 0 saturated heterocycles. The third kappa shape index (κ3) is 2.44. The maximum atomic E-state index is 4.95. The molecule has 0 saturated carbocycles. The summed E-state index contributed by atoms with van der Waals surface area (Å²) in [4.78, 5) is 4.95. The first kappa shape index (κ1) is 16.8. The van der Waals surface area contributed by atoms with E-state index in [0.717, 1.165) is 35.6 Å². The minimum absolute atomic E-state index is 0.515. The molecule has 0 bridgehead atoms. The van der Waals surface area contributed by atoms with Gasteiger partial charge in [-0.25, -0.2) is 9.50 Å². The van der Waals surface area contributed by atoms with Crippen LogP contribution in [0.15, 0.2) is 36.5 Å². The Morgan fingerprint density at radius 2 is 1.81 bits per heavy atom. The van der Waals surface area contributed by atoms with Gasteiger partial charge in [-0.1, -0.05) is 32.0 Å². The van der Waals surface area contributed by atoms with Gasteiger partial charge in [0.15, 0.2) is 5.65 Å². The molecule has 0 aliphatic rings. The summed E-state index contributed by atoms with van der Waals surface area (Å²) in [6, 6.07) is 10.7. The third-order valence-corrected chi connectivity index (χ3v) is 5.49. The van der Waals surface area contributed by atoms with Crippen molar-refractivity contribution in [2.75, 3.05) is 0 Å². The van der Waals surface area contributed by atoms with Gasteiger partial charge in [-0.2, -0.15) is 5.10 Å². The molecule has 0 radical (unpaired) electrons. The van der Waals surface area contributed by atoms with E-state index in [4.69, 9.17) is 10.1 Å². The third-order valence-electron chi connectivity index (χ3n) is 5.49. The molecule has 134 valence electrons. The molecule has 3 aromatic heterocycles. The number of benzene rings is 1. The highest BCUT2D eigenvalue weighted by atomic mass is 15.3. The summed E-state index contributed by atoms with van der Waals surface area (Å²) in [5.74, 6) is 0.515. The number of aromatic nitrogens is 4. The predicted molar refractivity (Wildman–Crippen MR) is 108 cm³/mol. The van der Waals surface area contributed by atoms with E-state index in [9.17, 15) is 0 Å². The minimum atomic E-state index is 0.515. The maximum absolute atomic E-state index is 4.95. The van der Waals surface area contributed by atoms with Crippen molar-refractivity contribution in [3.05, 3.63) is 53.5 Å². The summed E-state index contributed by atoms with van der Waals surface area (Å²) in [7, 11) is 2.10. The van der Waals surface area contributed by atoms with Crippen molar-refractivity contribution in [3.63, 3.8) is 0 Å². The number of aryl methyl sites for hydroxylation is 3. The van der Waals surface area contributed by atoms with Crippen LogP contribution in [0, 0.1) is 13.8 Å². The average Bonchev–Trinajstić information content (AvgIpc) is 3.13. The van der Waals surface area contributed by atoms with Crippen LogP contribution < -0.4 is 0 Å². The number of hydrogen-bond acceptors (Lipinski definition) is 2. The van der Waals surface area contributed by atoms with E-state index in [2.05, 4.69) is 80.4 Å². The molecule has 4 aromatic rings. The van der Waals surface area contributed by atoms with Crippen molar-refractivity contribution >= 4 is 16.6 Å². The van der Waals surface area contributed by atoms with E-state index < -0.39 is 0 Å². The quantitative estimate of drug-likeness (QED) is 0.495. The number of rotatable bonds is 4. The van der Waals surface area contributed by atoms with Crippen molar-refractivity contribution in [2.24, 2.45) is 7.05 Å². The van der Waals surface area contributed by atoms with Crippen LogP contribution in [0.5, 0.6) is 0 Å². The fraction of sp³-hybridized carbons (Fsp3) is 0.364. The second kappa shape index (κ2) is 6.27. The van der Waals surface area contributed by atoms with Crippen LogP contribution in [-0.2, 0) is 7.05 Å². The summed E-state index contributed by atoms with van der Waals surface area (Å²) in [5.41, 5.74) is 7.92. The molecule has 0 fully saturated rings. The van der Waals surface area contributed by atoms with Gasteiger partial charge >= 0.3 is 0 Å². The highest BCUT2D eigenvalue weighted by Gasteiger charge is 2.21. The van der Waals surface area contributed by atoms with Crippen molar-refractivity contribution < 1.29 is 0 Å². The standard InChI is InChI=1S/C22H26N4/c1-6-16(7-2)18-12-14(3)24-26-21(15(4)23-22(18)26)19-13-25(5)20-11-9-8-10-17(19)20/h8-13,16H,6-7H2,1-5H3. The Bertz CT molecular complexity index is 1100. The van der Waals surface area contributed by atoms with Gasteiger partial charge in [-0.15, -0.1) is 0 Å². The Morgan fingerprint density at radius 3 is 2.54 bits per heavy atom. The van der Waals surface area contributed by atoms with E-state index in [1.165, 1.54) is 22.0 Å². The topological polar surface area (TPSA) is 35.1 Å². The first-order chi connectivity index (χ1) is 12.5. The van der Waals surface area contributed by atoms with Crippen LogP contribution in [0.4, 0.5) is 0 Å². The Labute approximate surface area is 154 Å². The summed E-state index contributed by atoms with van der Waals surface area (Å²) in [6.45, 7) is 8.68. The molecule has 0 N–H and O–H groups in total. The van der Waals surface area contributed by atoms with Gasteiger partial charge in [0.05, 0.1) is 17.1 Å². The second-order valence-electron chi connectivity index (χ2n) is 7.21. The number of imidazole rings is 1. The van der Waals surface area contributed by atoms with E-state index >= 15 is 0 Å². The van der Waals surface area contributed by atoms with Gasteiger partial charge in [-0.05, 0) is 44.7 Å². The molecule has 4 nitrogen and oxygen atoms in total. The smallest absolute Gasteiger partial charge is 0.157 e. The van der Waals surface area contributed by atoms with Crippen LogP contribution in [0.2, 0.25) is 0 Å². The average molecular weight is 346 g/mol. The molecule has 4 heteroatoms. The first-order valence-electron chi connectivity index (χ1n) is 9.46. The monoisotopic (exact) mass is 346 g/mol. The van der Waals surface area contributed by atoms with Crippen LogP contribution in [0.25, 0.3) is 27.8 Å². The molecule has 0 aliphatic carbocycles. The lowest BCUT2D eigenvalue weighted by Gasteiger charge is -2.14. The van der Waals surface area contributed by atoms with Gasteiger partial charge in [0.2, 0.25) is 0 Å². The summed E-state index contributed by atoms with van der Waals surface area (Å²) in [6.07, 6.45) is 4.43. The number of fused-ring (bicyclic) bond motifs is 2. The van der Waals surface area contributed by atoms with Crippen LogP contribution in [-0.4, -0.2) is 19.2 Å². The zero-order valence-electron chi connectivity index (χ0n) is 16.2. The van der Waals surface area contributed by atoms with Crippen LogP contribution in [0.3, 0.4) is 0 Å². The van der Waals surface area contributed by atoms with Crippen molar-refractivity contribution in [3.8, 4) is 11.3 Å². The van der Waals surface area contributed by atoms with Gasteiger partial charge in [0.25, 0.3) is 0 Å². The Balaban J connectivity index is 2.06. The molecule has 3 heterocycles. The molecule has 0 unspecified atom stereocenters. The van der Waals surface area contributed by atoms with Crippen molar-refractivity contribution in [1.29, 1.82) is 0 Å². The summed E-state index contributed by atoms with van der Waals surface area (Å²) in [5, 5.41) is 6.09. The zero-order chi connectivity index (χ0) is 18.4. The number of nitrogens with zero attached hydrogens (tertiary/aromatic N) is 4. The molecule has 0 atom stereocenters. The highest BCUT2D eigenvalue weighted by Crippen LogP contribution is 2.35. The van der Waals surface area contributed by atoms with E-state index in [0.29, 0.717) is 5.92 Å². The Hall–Kier alpha value is -2.62. The van der Waals surface area contributed by atoms with Crippen molar-refractivity contribution in [1.82, 2.24) is 19.2 Å². The van der Waals surface area contributed by atoms with Gasteiger partial charge in [0.1, 0.15) is 0 Å². The van der Waals surface area contributed by atoms with E-state index in [1.54, 1.807) is 0 Å². The van der Waals surface area contributed by atoms with E-state index in [1.807, 2.05) is 0 Å². The normalized spacial score (nSPS) is 11.9. The number of para-hydroxylation sites is 1. The zero-order valence-corrected chi connectivity index (χ0v) is 16.2. The second-order valence-corrected chi connectivity index (χ2v) is 7.21. The molecule has 1 aromatic carbocycles. The lowest BCUT2D eigenvalue weighted by atomic mass is 9.95. The fourth-order valence-electron chi connectivity index (χ4n) is 4.15. The molecule has 0 aliphatic heterocycles. The Kier molecular flexibility index (Phi) is 4.06. The SMILES string of the molecule is CCC(CC)c1cc(C)nn2c(-c3cn(C)c4ccccc34)c(C)nc12. The molecule has 4 rings (SSSR count). The minimum Gasteiger partial charge on any atom is -0.350 e. The molecule has 0 amide bonds. The van der Waals surface area contributed by atoms with Gasteiger partial charge in [-0.3, -0.25) is 0 Å². The maximum Gasteiger partial charge on any atom is 0.157 e.